The molecule has 3 aromatic rings. The van der Waals surface area contributed by atoms with Crippen LogP contribution in [-0.2, 0) is 15.0 Å². The van der Waals surface area contributed by atoms with Gasteiger partial charge in [-0.1, -0.05) is 51.4 Å². The van der Waals surface area contributed by atoms with E-state index >= 15 is 0 Å². The smallest absolute Gasteiger partial charge is 0.240 e. The van der Waals surface area contributed by atoms with Crippen molar-refractivity contribution in [3.8, 4) is 5.69 Å². The largest absolute Gasteiger partial charge is 0.355 e. The van der Waals surface area contributed by atoms with Gasteiger partial charge < -0.3 is 5.32 Å². The van der Waals surface area contributed by atoms with Gasteiger partial charge in [-0.25, -0.2) is 9.07 Å². The monoisotopic (exact) mass is 528 g/mol. The summed E-state index contributed by atoms with van der Waals surface area (Å²) in [6.45, 7) is 8.56. The SMILES string of the molecule is CCCNC(=O)CN1C(=O)CSC(c2cccc(Cl)c2)c2c(C(C)(C)C)nn(-c3ccc(F)cc3)c21. The first-order chi connectivity index (χ1) is 17.1. The molecule has 2 amide bonds. The Balaban J connectivity index is 1.99. The van der Waals surface area contributed by atoms with Crippen molar-refractivity contribution in [1.29, 1.82) is 0 Å². The van der Waals surface area contributed by atoms with Crippen LogP contribution in [0.1, 0.15) is 56.2 Å². The van der Waals surface area contributed by atoms with Crippen LogP contribution in [0.3, 0.4) is 0 Å². The van der Waals surface area contributed by atoms with Crippen LogP contribution in [0.4, 0.5) is 10.2 Å². The van der Waals surface area contributed by atoms with Crippen molar-refractivity contribution in [2.45, 2.75) is 44.8 Å². The number of hydrogen-bond acceptors (Lipinski definition) is 4. The third-order valence-corrected chi connectivity index (χ3v) is 7.39. The molecule has 190 valence electrons. The van der Waals surface area contributed by atoms with E-state index in [-0.39, 0.29) is 40.6 Å². The van der Waals surface area contributed by atoms with Crippen molar-refractivity contribution < 1.29 is 14.0 Å². The van der Waals surface area contributed by atoms with Gasteiger partial charge in [0.25, 0.3) is 0 Å². The molecule has 0 aliphatic carbocycles. The first-order valence-corrected chi connectivity index (χ1v) is 13.4. The number of carbonyl (C=O) groups excluding carboxylic acids is 2. The van der Waals surface area contributed by atoms with Crippen molar-refractivity contribution in [2.24, 2.45) is 0 Å². The summed E-state index contributed by atoms with van der Waals surface area (Å²) in [5.74, 6) is -0.0991. The van der Waals surface area contributed by atoms with E-state index in [2.05, 4.69) is 26.1 Å². The van der Waals surface area contributed by atoms with E-state index in [9.17, 15) is 14.0 Å². The van der Waals surface area contributed by atoms with Crippen LogP contribution in [-0.4, -0.2) is 40.4 Å². The lowest BCUT2D eigenvalue weighted by atomic mass is 9.87. The number of nitrogens with zero attached hydrogens (tertiary/aromatic N) is 3. The Morgan fingerprint density at radius 2 is 1.94 bits per heavy atom. The third kappa shape index (κ3) is 5.44. The number of carbonyl (C=O) groups is 2. The van der Waals surface area contributed by atoms with Gasteiger partial charge in [-0.3, -0.25) is 14.5 Å². The molecule has 1 aliphatic heterocycles. The summed E-state index contributed by atoms with van der Waals surface area (Å²) < 4.78 is 15.5. The molecule has 1 aliphatic rings. The predicted molar refractivity (Wildman–Crippen MR) is 144 cm³/mol. The maximum Gasteiger partial charge on any atom is 0.240 e. The number of amides is 2. The molecule has 1 N–H and O–H groups in total. The summed E-state index contributed by atoms with van der Waals surface area (Å²) in [4.78, 5) is 27.9. The number of thioether (sulfide) groups is 1. The summed E-state index contributed by atoms with van der Waals surface area (Å²) in [6, 6.07) is 13.6. The number of hydrogen-bond donors (Lipinski definition) is 1. The summed E-state index contributed by atoms with van der Waals surface area (Å²) in [5, 5.41) is 8.21. The molecule has 1 aromatic heterocycles. The van der Waals surface area contributed by atoms with E-state index < -0.39 is 0 Å². The second-order valence-electron chi connectivity index (χ2n) is 9.80. The molecule has 1 atom stereocenters. The molecule has 0 bridgehead atoms. The average molecular weight is 529 g/mol. The molecule has 0 radical (unpaired) electrons. The molecule has 4 rings (SSSR count). The molecule has 2 heterocycles. The van der Waals surface area contributed by atoms with E-state index in [1.165, 1.54) is 28.8 Å². The minimum atomic E-state index is -0.379. The second kappa shape index (κ2) is 10.6. The lowest BCUT2D eigenvalue weighted by Crippen LogP contribution is -2.42. The van der Waals surface area contributed by atoms with Crippen LogP contribution in [0.5, 0.6) is 0 Å². The standard InChI is InChI=1S/C27H30ClFN4O2S/c1-5-13-30-21(34)15-32-22(35)16-36-24(17-7-6-8-18(28)14-17)23-25(27(2,3)4)31-33(26(23)32)20-11-9-19(29)10-12-20/h6-12,14,24H,5,13,15-16H2,1-4H3,(H,30,34). The van der Waals surface area contributed by atoms with E-state index in [0.717, 1.165) is 23.2 Å². The molecule has 9 heteroatoms. The topological polar surface area (TPSA) is 67.2 Å². The summed E-state index contributed by atoms with van der Waals surface area (Å²) in [7, 11) is 0. The number of fused-ring (bicyclic) bond motifs is 1. The zero-order chi connectivity index (χ0) is 26.0. The van der Waals surface area contributed by atoms with Gasteiger partial charge in [0.15, 0.2) is 0 Å². The average Bonchev–Trinajstić information content (AvgIpc) is 3.16. The van der Waals surface area contributed by atoms with E-state index in [1.807, 2.05) is 31.2 Å². The van der Waals surface area contributed by atoms with Gasteiger partial charge in [-0.05, 0) is 48.4 Å². The third-order valence-electron chi connectivity index (χ3n) is 5.90. The molecule has 0 fully saturated rings. The minimum absolute atomic E-state index is 0.134. The number of benzene rings is 2. The van der Waals surface area contributed by atoms with Crippen molar-refractivity contribution in [1.82, 2.24) is 15.1 Å². The zero-order valence-electron chi connectivity index (χ0n) is 20.8. The van der Waals surface area contributed by atoms with Gasteiger partial charge in [0, 0.05) is 22.5 Å². The highest BCUT2D eigenvalue weighted by Crippen LogP contribution is 2.48. The fraction of sp³-hybridized carbons (Fsp3) is 0.370. The van der Waals surface area contributed by atoms with Gasteiger partial charge in [0.1, 0.15) is 18.2 Å². The lowest BCUT2D eigenvalue weighted by molar-refractivity contribution is -0.122. The van der Waals surface area contributed by atoms with E-state index in [1.54, 1.807) is 16.8 Å². The van der Waals surface area contributed by atoms with Gasteiger partial charge in [0.05, 0.1) is 22.4 Å². The Bertz CT molecular complexity index is 1270. The fourth-order valence-corrected chi connectivity index (χ4v) is 5.62. The number of halogens is 2. The predicted octanol–water partition coefficient (Wildman–Crippen LogP) is 5.66. The first kappa shape index (κ1) is 26.2. The second-order valence-corrected chi connectivity index (χ2v) is 11.3. The molecule has 0 spiro atoms. The minimum Gasteiger partial charge on any atom is -0.355 e. The Morgan fingerprint density at radius 1 is 1.22 bits per heavy atom. The van der Waals surface area contributed by atoms with E-state index in [0.29, 0.717) is 23.1 Å². The van der Waals surface area contributed by atoms with Crippen molar-refractivity contribution in [2.75, 3.05) is 23.7 Å². The van der Waals surface area contributed by atoms with Crippen LogP contribution in [0.2, 0.25) is 5.02 Å². The van der Waals surface area contributed by atoms with Crippen LogP contribution in [0.15, 0.2) is 48.5 Å². The Kier molecular flexibility index (Phi) is 7.76. The molecule has 0 saturated heterocycles. The molecule has 1 unspecified atom stereocenters. The number of anilines is 1. The van der Waals surface area contributed by atoms with Gasteiger partial charge >= 0.3 is 0 Å². The Hall–Kier alpha value is -2.84. The normalized spacial score (nSPS) is 16.0. The van der Waals surface area contributed by atoms with E-state index in [4.69, 9.17) is 16.7 Å². The van der Waals surface area contributed by atoms with Crippen LogP contribution in [0.25, 0.3) is 5.69 Å². The highest BCUT2D eigenvalue weighted by atomic mass is 35.5. The fourth-order valence-electron chi connectivity index (χ4n) is 4.23. The van der Waals surface area contributed by atoms with Crippen molar-refractivity contribution >= 4 is 41.0 Å². The highest BCUT2D eigenvalue weighted by molar-refractivity contribution is 8.00. The Labute approximate surface area is 220 Å². The van der Waals surface area contributed by atoms with Crippen LogP contribution >= 0.6 is 23.4 Å². The molecule has 2 aromatic carbocycles. The van der Waals surface area contributed by atoms with Gasteiger partial charge in [0.2, 0.25) is 11.8 Å². The maximum atomic E-state index is 13.8. The quantitative estimate of drug-likeness (QED) is 0.448. The summed E-state index contributed by atoms with van der Waals surface area (Å²) >= 11 is 7.85. The maximum absolute atomic E-state index is 13.8. The zero-order valence-corrected chi connectivity index (χ0v) is 22.4. The van der Waals surface area contributed by atoms with Crippen LogP contribution in [0, 0.1) is 5.82 Å². The molecular weight excluding hydrogens is 499 g/mol. The number of aromatic nitrogens is 2. The van der Waals surface area contributed by atoms with Crippen molar-refractivity contribution in [3.05, 3.63) is 76.2 Å². The summed E-state index contributed by atoms with van der Waals surface area (Å²) in [5.41, 5.74) is 2.83. The van der Waals surface area contributed by atoms with Crippen LogP contribution < -0.4 is 10.2 Å². The van der Waals surface area contributed by atoms with Crippen molar-refractivity contribution in [3.63, 3.8) is 0 Å². The molecular formula is C27H30ClFN4O2S. The number of rotatable bonds is 6. The molecule has 6 nitrogen and oxygen atoms in total. The first-order valence-electron chi connectivity index (χ1n) is 11.9. The molecule has 0 saturated carbocycles. The lowest BCUT2D eigenvalue weighted by Gasteiger charge is -2.24. The Morgan fingerprint density at radius 3 is 2.58 bits per heavy atom. The van der Waals surface area contributed by atoms with Gasteiger partial charge in [-0.15, -0.1) is 11.8 Å². The summed E-state index contributed by atoms with van der Waals surface area (Å²) in [6.07, 6.45) is 0.791. The highest BCUT2D eigenvalue weighted by Gasteiger charge is 2.39. The van der Waals surface area contributed by atoms with Gasteiger partial charge in [-0.2, -0.15) is 5.10 Å². The number of nitrogens with one attached hydrogen (secondary N) is 1. The molecule has 36 heavy (non-hydrogen) atoms.